The Hall–Kier alpha value is -1.66. The van der Waals surface area contributed by atoms with Crippen molar-refractivity contribution in [1.82, 2.24) is 4.98 Å². The quantitative estimate of drug-likeness (QED) is 0.421. The van der Waals surface area contributed by atoms with Crippen molar-refractivity contribution in [2.24, 2.45) is 0 Å². The van der Waals surface area contributed by atoms with Crippen molar-refractivity contribution in [2.75, 3.05) is 0 Å². The number of thiazole rings is 1. The van der Waals surface area contributed by atoms with Gasteiger partial charge in [0.15, 0.2) is 0 Å². The van der Waals surface area contributed by atoms with Crippen molar-refractivity contribution >= 4 is 22.9 Å². The van der Waals surface area contributed by atoms with Crippen LogP contribution < -0.4 is 0 Å². The molecule has 0 spiro atoms. The minimum absolute atomic E-state index is 0.0929. The zero-order valence-electron chi connectivity index (χ0n) is 19.1. The van der Waals surface area contributed by atoms with Crippen molar-refractivity contribution < 1.29 is 14.3 Å². The molecule has 1 aliphatic rings. The standard InChI is InChI=1S/C21H22ClNO3S.2C2H6/c1-2-16-10-15(24)11-19(26-16)13-5-6-17(22)14(8-13)9-21-23-12-20(27-21)18-4-3-7-25-18;2*1-2/h3-8,12,15-16,19,24H,2,9-11H2,1H3;2*1-2H3. The average Bonchev–Trinajstić information content (AvgIpc) is 3.50. The van der Waals surface area contributed by atoms with Crippen LogP contribution in [-0.4, -0.2) is 22.3 Å². The summed E-state index contributed by atoms with van der Waals surface area (Å²) in [5.74, 6) is 0.828. The molecule has 0 bridgehead atoms. The van der Waals surface area contributed by atoms with Gasteiger partial charge >= 0.3 is 0 Å². The molecule has 1 N–H and O–H groups in total. The van der Waals surface area contributed by atoms with E-state index in [1.54, 1.807) is 17.6 Å². The van der Waals surface area contributed by atoms with E-state index >= 15 is 0 Å². The molecular formula is C25H34ClNO3S. The van der Waals surface area contributed by atoms with Gasteiger partial charge in [0.05, 0.1) is 34.5 Å². The molecule has 170 valence electrons. The van der Waals surface area contributed by atoms with Crippen LogP contribution in [0.2, 0.25) is 5.02 Å². The molecule has 0 saturated carbocycles. The summed E-state index contributed by atoms with van der Waals surface area (Å²) in [5, 5.41) is 11.9. The topological polar surface area (TPSA) is 55.5 Å². The summed E-state index contributed by atoms with van der Waals surface area (Å²) >= 11 is 8.05. The Labute approximate surface area is 195 Å². The van der Waals surface area contributed by atoms with E-state index in [0.717, 1.165) is 38.2 Å². The molecule has 0 radical (unpaired) electrons. The number of hydrogen-bond acceptors (Lipinski definition) is 5. The Kier molecular flexibility index (Phi) is 10.7. The van der Waals surface area contributed by atoms with Crippen molar-refractivity contribution in [3.8, 4) is 10.6 Å². The van der Waals surface area contributed by atoms with E-state index in [2.05, 4.69) is 18.0 Å². The van der Waals surface area contributed by atoms with E-state index in [4.69, 9.17) is 20.8 Å². The number of rotatable bonds is 5. The fourth-order valence-corrected chi connectivity index (χ4v) is 4.58. The van der Waals surface area contributed by atoms with E-state index in [0.29, 0.717) is 19.3 Å². The molecule has 1 saturated heterocycles. The molecule has 31 heavy (non-hydrogen) atoms. The van der Waals surface area contributed by atoms with E-state index in [1.165, 1.54) is 0 Å². The third-order valence-electron chi connectivity index (χ3n) is 4.93. The van der Waals surface area contributed by atoms with Gasteiger partial charge in [0, 0.05) is 24.1 Å². The number of hydrogen-bond donors (Lipinski definition) is 1. The van der Waals surface area contributed by atoms with Crippen LogP contribution in [0.3, 0.4) is 0 Å². The number of ether oxygens (including phenoxy) is 1. The molecule has 3 unspecified atom stereocenters. The first kappa shape index (κ1) is 25.6. The number of benzene rings is 1. The van der Waals surface area contributed by atoms with E-state index in [9.17, 15) is 5.11 Å². The SMILES string of the molecule is CC.CC.CCC1CC(O)CC(c2ccc(Cl)c(Cc3ncc(-c4ccco4)s3)c2)O1. The monoisotopic (exact) mass is 463 g/mol. The summed E-state index contributed by atoms with van der Waals surface area (Å²) in [5.41, 5.74) is 2.08. The minimum Gasteiger partial charge on any atom is -0.463 e. The summed E-state index contributed by atoms with van der Waals surface area (Å²) in [6, 6.07) is 9.81. The summed E-state index contributed by atoms with van der Waals surface area (Å²) in [6.07, 6.45) is 6.09. The van der Waals surface area contributed by atoms with Gasteiger partial charge < -0.3 is 14.3 Å². The van der Waals surface area contributed by atoms with Crippen LogP contribution in [0.1, 0.15) is 76.1 Å². The van der Waals surface area contributed by atoms with Crippen LogP contribution in [0.4, 0.5) is 0 Å². The molecule has 1 fully saturated rings. The van der Waals surface area contributed by atoms with E-state index in [-0.39, 0.29) is 18.3 Å². The molecule has 4 rings (SSSR count). The molecule has 0 aliphatic carbocycles. The highest BCUT2D eigenvalue weighted by atomic mass is 35.5. The molecule has 1 aliphatic heterocycles. The fraction of sp³-hybridized carbons (Fsp3) is 0.480. The maximum Gasteiger partial charge on any atom is 0.145 e. The zero-order valence-corrected chi connectivity index (χ0v) is 20.7. The number of furan rings is 1. The van der Waals surface area contributed by atoms with Gasteiger partial charge in [0.1, 0.15) is 5.76 Å². The number of aliphatic hydroxyl groups is 1. The van der Waals surface area contributed by atoms with Crippen LogP contribution in [0.25, 0.3) is 10.6 Å². The Bertz CT molecular complexity index is 894. The zero-order chi connectivity index (χ0) is 22.8. The second-order valence-corrected chi connectivity index (χ2v) is 8.43. The van der Waals surface area contributed by atoms with Crippen molar-refractivity contribution in [2.45, 2.75) is 78.6 Å². The second-order valence-electron chi connectivity index (χ2n) is 6.90. The molecule has 0 amide bonds. The molecule has 4 nitrogen and oxygen atoms in total. The lowest BCUT2D eigenvalue weighted by molar-refractivity contribution is -0.0983. The maximum absolute atomic E-state index is 10.2. The van der Waals surface area contributed by atoms with Crippen LogP contribution >= 0.6 is 22.9 Å². The molecule has 6 heteroatoms. The first-order chi connectivity index (χ1) is 15.1. The lowest BCUT2D eigenvalue weighted by atomic mass is 9.94. The highest BCUT2D eigenvalue weighted by Crippen LogP contribution is 2.35. The van der Waals surface area contributed by atoms with Crippen molar-refractivity contribution in [1.29, 1.82) is 0 Å². The van der Waals surface area contributed by atoms with Crippen LogP contribution in [-0.2, 0) is 11.2 Å². The number of aromatic nitrogens is 1. The van der Waals surface area contributed by atoms with Crippen molar-refractivity contribution in [3.63, 3.8) is 0 Å². The van der Waals surface area contributed by atoms with Gasteiger partial charge in [-0.3, -0.25) is 0 Å². The number of aliphatic hydroxyl groups excluding tert-OH is 1. The lowest BCUT2D eigenvalue weighted by Gasteiger charge is -2.33. The predicted octanol–water partition coefficient (Wildman–Crippen LogP) is 7.69. The van der Waals surface area contributed by atoms with Gasteiger partial charge in [0.2, 0.25) is 0 Å². The molecule has 3 heterocycles. The van der Waals surface area contributed by atoms with Crippen LogP contribution in [0.5, 0.6) is 0 Å². The predicted molar refractivity (Wildman–Crippen MR) is 130 cm³/mol. The van der Waals surface area contributed by atoms with Gasteiger partial charge in [0.25, 0.3) is 0 Å². The Balaban J connectivity index is 0.000000807. The summed E-state index contributed by atoms with van der Waals surface area (Å²) in [7, 11) is 0. The summed E-state index contributed by atoms with van der Waals surface area (Å²) < 4.78 is 11.6. The van der Waals surface area contributed by atoms with Crippen LogP contribution in [0, 0.1) is 0 Å². The van der Waals surface area contributed by atoms with Gasteiger partial charge in [-0.25, -0.2) is 4.98 Å². The number of halogens is 1. The largest absolute Gasteiger partial charge is 0.463 e. The first-order valence-corrected chi connectivity index (χ1v) is 12.4. The highest BCUT2D eigenvalue weighted by molar-refractivity contribution is 7.15. The fourth-order valence-electron chi connectivity index (χ4n) is 3.49. The minimum atomic E-state index is -0.317. The Morgan fingerprint density at radius 2 is 1.94 bits per heavy atom. The third-order valence-corrected chi connectivity index (χ3v) is 6.31. The van der Waals surface area contributed by atoms with Gasteiger partial charge in [-0.2, -0.15) is 0 Å². The highest BCUT2D eigenvalue weighted by Gasteiger charge is 2.28. The van der Waals surface area contributed by atoms with E-state index < -0.39 is 0 Å². The molecular weight excluding hydrogens is 430 g/mol. The maximum atomic E-state index is 10.2. The second kappa shape index (κ2) is 13.0. The molecule has 2 aromatic heterocycles. The van der Waals surface area contributed by atoms with E-state index in [1.807, 2.05) is 58.2 Å². The first-order valence-electron chi connectivity index (χ1n) is 11.2. The van der Waals surface area contributed by atoms with Crippen molar-refractivity contribution in [3.05, 3.63) is 63.9 Å². The number of nitrogens with zero attached hydrogens (tertiary/aromatic N) is 1. The smallest absolute Gasteiger partial charge is 0.145 e. The lowest BCUT2D eigenvalue weighted by Crippen LogP contribution is -2.30. The molecule has 3 atom stereocenters. The normalized spacial score (nSPS) is 20.3. The summed E-state index contributed by atoms with van der Waals surface area (Å²) in [6.45, 7) is 10.1. The third kappa shape index (κ3) is 6.91. The Morgan fingerprint density at radius 3 is 2.61 bits per heavy atom. The molecule has 3 aromatic rings. The average molecular weight is 464 g/mol. The van der Waals surface area contributed by atoms with Crippen LogP contribution in [0.15, 0.2) is 47.2 Å². The van der Waals surface area contributed by atoms with Gasteiger partial charge in [-0.1, -0.05) is 58.4 Å². The van der Waals surface area contributed by atoms with Gasteiger partial charge in [-0.15, -0.1) is 11.3 Å². The molecule has 1 aromatic carbocycles. The van der Waals surface area contributed by atoms with Gasteiger partial charge in [-0.05, 0) is 42.2 Å². The Morgan fingerprint density at radius 1 is 1.16 bits per heavy atom. The summed E-state index contributed by atoms with van der Waals surface area (Å²) in [4.78, 5) is 5.52.